The number of hydrogen-bond acceptors (Lipinski definition) is 5. The average molecular weight is 834 g/mol. The summed E-state index contributed by atoms with van der Waals surface area (Å²) < 4.78 is 4.80. The molecule has 4 heterocycles. The van der Waals surface area contributed by atoms with Crippen molar-refractivity contribution in [3.8, 4) is 67.7 Å². The molecule has 0 aliphatic carbocycles. The van der Waals surface area contributed by atoms with E-state index in [-0.39, 0.29) is 0 Å². The minimum Gasteiger partial charge on any atom is -0.291 e. The van der Waals surface area contributed by atoms with Gasteiger partial charge in [0.05, 0.1) is 21.4 Å². The first-order chi connectivity index (χ1) is 31.7. The zero-order valence-electron chi connectivity index (χ0n) is 34.4. The van der Waals surface area contributed by atoms with Crippen LogP contribution in [-0.4, -0.2) is 24.3 Å². The number of rotatable bonds is 6. The molecule has 0 saturated carbocycles. The second-order valence-electron chi connectivity index (χ2n) is 16.2. The predicted molar refractivity (Wildman–Crippen MR) is 267 cm³/mol. The molecule has 0 spiro atoms. The summed E-state index contributed by atoms with van der Waals surface area (Å²) in [6.45, 7) is 0. The first-order valence-corrected chi connectivity index (χ1v) is 22.3. The minimum absolute atomic E-state index is 0.612. The van der Waals surface area contributed by atoms with Gasteiger partial charge in [-0.1, -0.05) is 194 Å². The summed E-state index contributed by atoms with van der Waals surface area (Å²) in [5.41, 5.74) is 12.6. The van der Waals surface area contributed by atoms with Crippen molar-refractivity contribution in [1.29, 1.82) is 0 Å². The molecule has 4 aromatic heterocycles. The summed E-state index contributed by atoms with van der Waals surface area (Å²) in [5.74, 6) is 1.86. The molecule has 0 atom stereocenters. The third-order valence-corrected chi connectivity index (χ3v) is 13.6. The molecule has 0 fully saturated rings. The Labute approximate surface area is 372 Å². The maximum absolute atomic E-state index is 5.47. The summed E-state index contributed by atoms with van der Waals surface area (Å²) >= 11 is 1.82. The van der Waals surface area contributed by atoms with Gasteiger partial charge in [0.25, 0.3) is 0 Å². The Bertz CT molecular complexity index is 3810. The molecule has 0 amide bonds. The quantitative estimate of drug-likeness (QED) is 0.167. The van der Waals surface area contributed by atoms with E-state index in [1.807, 2.05) is 23.5 Å². The molecule has 298 valence electrons. The smallest absolute Gasteiger partial charge is 0.164 e. The normalized spacial score (nSPS) is 11.8. The molecule has 0 unspecified atom stereocenters. The number of benzene rings is 9. The third kappa shape index (κ3) is 5.99. The number of nitrogens with zero attached hydrogens (tertiary/aromatic N) is 5. The van der Waals surface area contributed by atoms with Crippen molar-refractivity contribution in [2.45, 2.75) is 0 Å². The van der Waals surface area contributed by atoms with Crippen LogP contribution in [0.25, 0.3) is 126 Å². The Kier molecular flexibility index (Phi) is 8.32. The molecular formula is C58H35N5S. The summed E-state index contributed by atoms with van der Waals surface area (Å²) in [6.07, 6.45) is 0. The number of pyridine rings is 1. The standard InChI is InChI=1S/C58H35N5S/c1-3-11-36(12-4-1)38-19-25-43(26-20-38)55-60-56(44-27-21-39(22-28-44)37-13-5-2-6-14-37)62-57(61-55)45-29-23-42(24-30-45)50-35-48-52-46-17-9-7-15-40(46)32-34-51(52)64-54(48)58-59-53-47-18-10-8-16-41(47)31-33-49(53)63(50)58/h1-35H. The monoisotopic (exact) mass is 833 g/mol. The lowest BCUT2D eigenvalue weighted by Crippen LogP contribution is -2.00. The second kappa shape index (κ2) is 14.7. The number of aromatic nitrogens is 5. The van der Waals surface area contributed by atoms with Crippen LogP contribution in [0.1, 0.15) is 0 Å². The maximum atomic E-state index is 5.47. The van der Waals surface area contributed by atoms with Gasteiger partial charge in [0.2, 0.25) is 0 Å². The first-order valence-electron chi connectivity index (χ1n) is 21.5. The van der Waals surface area contributed by atoms with Crippen molar-refractivity contribution < 1.29 is 0 Å². The maximum Gasteiger partial charge on any atom is 0.164 e. The SMILES string of the molecule is c1ccc(-c2ccc(-c3nc(-c4ccc(-c5ccccc5)cc4)nc(-c4ccc(-c5cc6c(sc7ccc8ccccc8c76)c6nc7c8ccccc8ccc7n56)cc4)n3)cc2)cc1. The molecule has 0 radical (unpaired) electrons. The highest BCUT2D eigenvalue weighted by atomic mass is 32.1. The Morgan fingerprint density at radius 2 is 0.797 bits per heavy atom. The summed E-state index contributed by atoms with van der Waals surface area (Å²) in [4.78, 5) is 20.8. The number of thiophene rings is 1. The van der Waals surface area contributed by atoms with E-state index in [9.17, 15) is 0 Å². The van der Waals surface area contributed by atoms with Crippen LogP contribution in [0.2, 0.25) is 0 Å². The minimum atomic E-state index is 0.612. The fraction of sp³-hybridized carbons (Fsp3) is 0. The molecule has 6 heteroatoms. The summed E-state index contributed by atoms with van der Waals surface area (Å²) in [5, 5.41) is 7.30. The molecular weight excluding hydrogens is 799 g/mol. The fourth-order valence-electron chi connectivity index (χ4n) is 9.26. The number of hydrogen-bond donors (Lipinski definition) is 0. The van der Waals surface area contributed by atoms with Crippen LogP contribution in [-0.2, 0) is 0 Å². The van der Waals surface area contributed by atoms with Crippen molar-refractivity contribution in [2.24, 2.45) is 0 Å². The lowest BCUT2D eigenvalue weighted by Gasteiger charge is -2.12. The van der Waals surface area contributed by atoms with Gasteiger partial charge in [-0.3, -0.25) is 4.40 Å². The zero-order valence-corrected chi connectivity index (χ0v) is 35.2. The highest BCUT2D eigenvalue weighted by Crippen LogP contribution is 2.44. The van der Waals surface area contributed by atoms with Gasteiger partial charge < -0.3 is 0 Å². The van der Waals surface area contributed by atoms with Crippen molar-refractivity contribution in [3.05, 3.63) is 212 Å². The summed E-state index contributed by atoms with van der Waals surface area (Å²) in [7, 11) is 0. The van der Waals surface area contributed by atoms with E-state index >= 15 is 0 Å². The third-order valence-electron chi connectivity index (χ3n) is 12.5. The van der Waals surface area contributed by atoms with Gasteiger partial charge in [-0.15, -0.1) is 11.3 Å². The molecule has 13 aromatic rings. The van der Waals surface area contributed by atoms with E-state index < -0.39 is 0 Å². The second-order valence-corrected chi connectivity index (χ2v) is 17.3. The summed E-state index contributed by atoms with van der Waals surface area (Å²) in [6, 6.07) is 75.0. The van der Waals surface area contributed by atoms with Gasteiger partial charge in [-0.05, 0) is 62.2 Å². The number of imidazole rings is 1. The molecule has 64 heavy (non-hydrogen) atoms. The van der Waals surface area contributed by atoms with Gasteiger partial charge in [0, 0.05) is 37.5 Å². The topological polar surface area (TPSA) is 56.0 Å². The molecule has 0 aliphatic heterocycles. The first kappa shape index (κ1) is 36.3. The van der Waals surface area contributed by atoms with Crippen LogP contribution in [0.4, 0.5) is 0 Å². The van der Waals surface area contributed by atoms with E-state index in [0.717, 1.165) is 61.1 Å². The molecule has 9 aromatic carbocycles. The predicted octanol–water partition coefficient (Wildman–Crippen LogP) is 15.3. The molecule has 13 rings (SSSR count). The van der Waals surface area contributed by atoms with Gasteiger partial charge in [-0.25, -0.2) is 19.9 Å². The lowest BCUT2D eigenvalue weighted by atomic mass is 10.0. The lowest BCUT2D eigenvalue weighted by molar-refractivity contribution is 1.07. The Morgan fingerprint density at radius 1 is 0.344 bits per heavy atom. The van der Waals surface area contributed by atoms with Crippen LogP contribution in [0.3, 0.4) is 0 Å². The van der Waals surface area contributed by atoms with Gasteiger partial charge in [0.15, 0.2) is 23.1 Å². The Morgan fingerprint density at radius 3 is 1.38 bits per heavy atom. The zero-order chi connectivity index (χ0) is 42.1. The van der Waals surface area contributed by atoms with Crippen molar-refractivity contribution in [2.75, 3.05) is 0 Å². The van der Waals surface area contributed by atoms with E-state index in [4.69, 9.17) is 19.9 Å². The van der Waals surface area contributed by atoms with Gasteiger partial charge in [-0.2, -0.15) is 0 Å². The van der Waals surface area contributed by atoms with Crippen LogP contribution in [0, 0.1) is 0 Å². The number of fused-ring (bicyclic) bond motifs is 11. The Balaban J connectivity index is 0.975. The van der Waals surface area contributed by atoms with Crippen LogP contribution < -0.4 is 0 Å². The van der Waals surface area contributed by atoms with Crippen molar-refractivity contribution in [1.82, 2.24) is 24.3 Å². The van der Waals surface area contributed by atoms with E-state index in [1.54, 1.807) is 0 Å². The molecule has 0 saturated heterocycles. The van der Waals surface area contributed by atoms with Crippen molar-refractivity contribution >= 4 is 69.7 Å². The van der Waals surface area contributed by atoms with Gasteiger partial charge in [0.1, 0.15) is 0 Å². The van der Waals surface area contributed by atoms with Crippen molar-refractivity contribution in [3.63, 3.8) is 0 Å². The molecule has 0 bridgehead atoms. The molecule has 5 nitrogen and oxygen atoms in total. The molecule has 0 aliphatic rings. The highest BCUT2D eigenvalue weighted by molar-refractivity contribution is 7.26. The molecule has 0 N–H and O–H groups in total. The largest absolute Gasteiger partial charge is 0.291 e. The van der Waals surface area contributed by atoms with Crippen LogP contribution in [0.5, 0.6) is 0 Å². The highest BCUT2D eigenvalue weighted by Gasteiger charge is 2.21. The van der Waals surface area contributed by atoms with Crippen LogP contribution in [0.15, 0.2) is 212 Å². The van der Waals surface area contributed by atoms with E-state index in [2.05, 4.69) is 205 Å². The Hall–Kier alpha value is -8.32. The van der Waals surface area contributed by atoms with E-state index in [1.165, 1.54) is 47.5 Å². The van der Waals surface area contributed by atoms with E-state index in [0.29, 0.717) is 17.5 Å². The fourth-order valence-corrected chi connectivity index (χ4v) is 10.4. The van der Waals surface area contributed by atoms with Crippen LogP contribution >= 0.6 is 11.3 Å². The van der Waals surface area contributed by atoms with Gasteiger partial charge >= 0.3 is 0 Å². The average Bonchev–Trinajstić information content (AvgIpc) is 3.97.